The van der Waals surface area contributed by atoms with Crippen LogP contribution in [0.1, 0.15) is 47.2 Å². The van der Waals surface area contributed by atoms with E-state index in [1.165, 1.54) is 0 Å². The van der Waals surface area contributed by atoms with Crippen molar-refractivity contribution in [2.24, 2.45) is 5.92 Å². The van der Waals surface area contributed by atoms with E-state index in [0.717, 1.165) is 24.1 Å². The molecule has 9 heteroatoms. The van der Waals surface area contributed by atoms with Crippen LogP contribution in [0.15, 0.2) is 66.7 Å². The van der Waals surface area contributed by atoms with Gasteiger partial charge in [-0.1, -0.05) is 48.0 Å². The zero-order valence-corrected chi connectivity index (χ0v) is 25.0. The van der Waals surface area contributed by atoms with Crippen molar-refractivity contribution < 1.29 is 24.5 Å². The molecule has 3 aromatic rings. The Kier molecular flexibility index (Phi) is 11.0. The molecule has 224 valence electrons. The van der Waals surface area contributed by atoms with Gasteiger partial charge in [-0.3, -0.25) is 9.59 Å². The number of nitrogens with zero attached hydrogens (tertiary/aromatic N) is 1. The highest BCUT2D eigenvalue weighted by molar-refractivity contribution is 6.33. The number of aliphatic hydroxyl groups excluding tert-OH is 1. The van der Waals surface area contributed by atoms with Crippen LogP contribution in [0, 0.1) is 5.92 Å². The standard InChI is InChI=1S/C33H40ClN3O5/c1-35-20-23-12-14-24(15-13-23)32(40)37-18-5-8-26(21-37)33(41,16-6-17-36-30(39)22-38)28-10-4-11-29(34)31(28)25-7-3-9-27(19-25)42-2/h3-4,7,9-15,19,26,35,38,41H,5-6,8,16-18,20-22H2,1-2H3,(H,36,39)/t26-,33+/m1/s1. The molecule has 8 nitrogen and oxygen atoms in total. The number of amides is 2. The zero-order valence-electron chi connectivity index (χ0n) is 24.2. The maximum atomic E-state index is 13.6. The number of nitrogens with one attached hydrogen (secondary N) is 2. The lowest BCUT2D eigenvalue weighted by Gasteiger charge is -2.44. The molecule has 0 spiro atoms. The van der Waals surface area contributed by atoms with Crippen LogP contribution in [0.2, 0.25) is 5.02 Å². The van der Waals surface area contributed by atoms with E-state index in [0.29, 0.717) is 66.4 Å². The average Bonchev–Trinajstić information content (AvgIpc) is 3.03. The Morgan fingerprint density at radius 1 is 1.12 bits per heavy atom. The number of carbonyl (C=O) groups is 2. The number of halogens is 1. The lowest BCUT2D eigenvalue weighted by molar-refractivity contribution is -0.123. The Labute approximate surface area is 252 Å². The lowest BCUT2D eigenvalue weighted by atomic mass is 9.72. The highest BCUT2D eigenvalue weighted by Crippen LogP contribution is 2.46. The molecule has 1 fully saturated rings. The van der Waals surface area contributed by atoms with Crippen molar-refractivity contribution in [3.63, 3.8) is 0 Å². The Bertz CT molecular complexity index is 1370. The van der Waals surface area contributed by atoms with Crippen LogP contribution < -0.4 is 15.4 Å². The quantitative estimate of drug-likeness (QED) is 0.232. The second kappa shape index (κ2) is 14.6. The van der Waals surface area contributed by atoms with Crippen molar-refractivity contribution in [2.75, 3.05) is 40.4 Å². The van der Waals surface area contributed by atoms with Crippen LogP contribution in [0.3, 0.4) is 0 Å². The summed E-state index contributed by atoms with van der Waals surface area (Å²) in [7, 11) is 3.49. The predicted octanol–water partition coefficient (Wildman–Crippen LogP) is 4.36. The molecule has 4 rings (SSSR count). The van der Waals surface area contributed by atoms with Crippen LogP contribution >= 0.6 is 11.6 Å². The molecule has 2 atom stereocenters. The van der Waals surface area contributed by atoms with E-state index in [-0.39, 0.29) is 11.8 Å². The summed E-state index contributed by atoms with van der Waals surface area (Å²) in [4.78, 5) is 27.1. The third kappa shape index (κ3) is 7.31. The number of aliphatic hydroxyl groups is 2. The highest BCUT2D eigenvalue weighted by atomic mass is 35.5. The van der Waals surface area contributed by atoms with Crippen molar-refractivity contribution >= 4 is 23.4 Å². The number of methoxy groups -OCH3 is 1. The Morgan fingerprint density at radius 2 is 1.88 bits per heavy atom. The van der Waals surface area contributed by atoms with Gasteiger partial charge in [-0.2, -0.15) is 0 Å². The van der Waals surface area contributed by atoms with E-state index in [2.05, 4.69) is 10.6 Å². The van der Waals surface area contributed by atoms with Gasteiger partial charge in [-0.15, -0.1) is 0 Å². The molecule has 0 radical (unpaired) electrons. The van der Waals surface area contributed by atoms with E-state index < -0.39 is 18.1 Å². The van der Waals surface area contributed by atoms with Gasteiger partial charge in [0.25, 0.3) is 5.91 Å². The molecule has 0 aromatic heterocycles. The second-order valence-corrected chi connectivity index (χ2v) is 11.2. The topological polar surface area (TPSA) is 111 Å². The molecular formula is C33H40ClN3O5. The summed E-state index contributed by atoms with van der Waals surface area (Å²) in [5, 5.41) is 28.1. The van der Waals surface area contributed by atoms with E-state index in [1.54, 1.807) is 13.2 Å². The molecule has 1 aliphatic heterocycles. The number of piperidine rings is 1. The van der Waals surface area contributed by atoms with Crippen molar-refractivity contribution in [1.29, 1.82) is 0 Å². The van der Waals surface area contributed by atoms with Crippen LogP contribution in [0.25, 0.3) is 11.1 Å². The normalized spacial score (nSPS) is 16.5. The van der Waals surface area contributed by atoms with E-state index in [9.17, 15) is 14.7 Å². The summed E-state index contributed by atoms with van der Waals surface area (Å²) >= 11 is 6.81. The molecule has 2 amide bonds. The fourth-order valence-electron chi connectivity index (χ4n) is 5.86. The highest BCUT2D eigenvalue weighted by Gasteiger charge is 2.43. The fourth-order valence-corrected chi connectivity index (χ4v) is 6.14. The SMILES string of the molecule is CNCc1ccc(C(=O)N2CCC[C@@H]([C@@](O)(CCCNC(=O)CO)c3cccc(Cl)c3-c3cccc(OC)c3)C2)cc1. The molecule has 42 heavy (non-hydrogen) atoms. The molecule has 0 bridgehead atoms. The van der Waals surface area contributed by atoms with Gasteiger partial charge >= 0.3 is 0 Å². The van der Waals surface area contributed by atoms with E-state index in [4.69, 9.17) is 21.4 Å². The molecule has 0 unspecified atom stereocenters. The van der Waals surface area contributed by atoms with Crippen LogP contribution in [-0.2, 0) is 16.9 Å². The number of hydrogen-bond acceptors (Lipinski definition) is 6. The van der Waals surface area contributed by atoms with Crippen LogP contribution in [0.4, 0.5) is 0 Å². The first-order chi connectivity index (χ1) is 20.3. The minimum Gasteiger partial charge on any atom is -0.497 e. The Morgan fingerprint density at radius 3 is 2.60 bits per heavy atom. The number of ether oxygens (including phenoxy) is 1. The van der Waals surface area contributed by atoms with Crippen molar-refractivity contribution in [3.8, 4) is 16.9 Å². The van der Waals surface area contributed by atoms with E-state index in [1.807, 2.05) is 72.6 Å². The minimum atomic E-state index is -1.36. The van der Waals surface area contributed by atoms with Gasteiger partial charge < -0.3 is 30.5 Å². The molecule has 1 saturated heterocycles. The molecule has 3 aromatic carbocycles. The summed E-state index contributed by atoms with van der Waals surface area (Å²) in [5.74, 6) is -0.139. The van der Waals surface area contributed by atoms with Crippen molar-refractivity contribution in [3.05, 3.63) is 88.4 Å². The monoisotopic (exact) mass is 593 g/mol. The van der Waals surface area contributed by atoms with Crippen molar-refractivity contribution in [2.45, 2.75) is 37.8 Å². The van der Waals surface area contributed by atoms with Crippen LogP contribution in [-0.4, -0.2) is 67.3 Å². The summed E-state index contributed by atoms with van der Waals surface area (Å²) in [5.41, 5.74) is 2.55. The van der Waals surface area contributed by atoms with Gasteiger partial charge in [0.1, 0.15) is 12.4 Å². The number of benzene rings is 3. The minimum absolute atomic E-state index is 0.0626. The summed E-state index contributed by atoms with van der Waals surface area (Å²) < 4.78 is 5.46. The van der Waals surface area contributed by atoms with Gasteiger partial charge in [0.2, 0.25) is 5.91 Å². The maximum Gasteiger partial charge on any atom is 0.253 e. The third-order valence-corrected chi connectivity index (χ3v) is 8.32. The summed E-state index contributed by atoms with van der Waals surface area (Å²) in [6.45, 7) is 1.41. The first kappa shape index (κ1) is 31.5. The van der Waals surface area contributed by atoms with Crippen LogP contribution in [0.5, 0.6) is 5.75 Å². The van der Waals surface area contributed by atoms with Gasteiger partial charge in [0.05, 0.1) is 12.7 Å². The van der Waals surface area contributed by atoms with Gasteiger partial charge in [0.15, 0.2) is 0 Å². The molecular weight excluding hydrogens is 554 g/mol. The van der Waals surface area contributed by atoms with E-state index >= 15 is 0 Å². The average molecular weight is 594 g/mol. The zero-order chi connectivity index (χ0) is 30.1. The Balaban J connectivity index is 1.69. The smallest absolute Gasteiger partial charge is 0.253 e. The summed E-state index contributed by atoms with van der Waals surface area (Å²) in [6.07, 6.45) is 2.24. The second-order valence-electron chi connectivity index (χ2n) is 10.7. The summed E-state index contributed by atoms with van der Waals surface area (Å²) in [6, 6.07) is 20.7. The first-order valence-electron chi connectivity index (χ1n) is 14.4. The molecule has 0 saturated carbocycles. The number of likely N-dealkylation sites (tertiary alicyclic amines) is 1. The number of rotatable bonds is 12. The number of hydrogen-bond donors (Lipinski definition) is 4. The van der Waals surface area contributed by atoms with Crippen molar-refractivity contribution in [1.82, 2.24) is 15.5 Å². The molecule has 0 aliphatic carbocycles. The predicted molar refractivity (Wildman–Crippen MR) is 164 cm³/mol. The first-order valence-corrected chi connectivity index (χ1v) is 14.7. The fraction of sp³-hybridized carbons (Fsp3) is 0.394. The largest absolute Gasteiger partial charge is 0.497 e. The molecule has 1 heterocycles. The third-order valence-electron chi connectivity index (χ3n) is 8.00. The van der Waals surface area contributed by atoms with Gasteiger partial charge in [-0.05, 0) is 79.8 Å². The van der Waals surface area contributed by atoms with Gasteiger partial charge in [0, 0.05) is 48.2 Å². The molecule has 4 N–H and O–H groups in total. The maximum absolute atomic E-state index is 13.6. The Hall–Kier alpha value is -3.43. The molecule has 1 aliphatic rings. The number of carbonyl (C=O) groups excluding carboxylic acids is 2. The lowest BCUT2D eigenvalue weighted by Crippen LogP contribution is -2.48. The van der Waals surface area contributed by atoms with Gasteiger partial charge in [-0.25, -0.2) is 0 Å².